The van der Waals surface area contributed by atoms with Gasteiger partial charge in [-0.05, 0) is 30.0 Å². The molecule has 2 fully saturated rings. The molecule has 4 rings (SSSR count). The third-order valence-electron chi connectivity index (χ3n) is 5.53. The topological polar surface area (TPSA) is 43.9 Å². The molecule has 2 saturated heterocycles. The second kappa shape index (κ2) is 6.57. The lowest BCUT2D eigenvalue weighted by atomic mass is 10.0. The predicted molar refractivity (Wildman–Crippen MR) is 99.5 cm³/mol. The number of amides is 2. The summed E-state index contributed by atoms with van der Waals surface area (Å²) in [6.45, 7) is 5.47. The fraction of sp³-hybridized carbons (Fsp3) is 0.579. The van der Waals surface area contributed by atoms with E-state index in [1.807, 2.05) is 11.3 Å². The number of carbonyl (C=O) groups is 2. The second-order valence-electron chi connectivity index (χ2n) is 7.15. The lowest BCUT2D eigenvalue weighted by Crippen LogP contribution is -2.66. The van der Waals surface area contributed by atoms with Crippen molar-refractivity contribution in [2.75, 3.05) is 33.2 Å². The van der Waals surface area contributed by atoms with Crippen LogP contribution < -0.4 is 9.75 Å². The van der Waals surface area contributed by atoms with Gasteiger partial charge in [0.2, 0.25) is 11.8 Å². The summed E-state index contributed by atoms with van der Waals surface area (Å²) in [5.41, 5.74) is 1.44. The van der Waals surface area contributed by atoms with Crippen LogP contribution in [0.5, 0.6) is 0 Å². The molecule has 1 aromatic heterocycles. The van der Waals surface area contributed by atoms with Gasteiger partial charge in [-0.3, -0.25) is 14.5 Å². The molecule has 1 aromatic rings. The van der Waals surface area contributed by atoms with E-state index in [2.05, 4.69) is 24.0 Å². The molecular weight excluding hydrogens is 334 g/mol. The molecule has 0 N–H and O–H groups in total. The van der Waals surface area contributed by atoms with Crippen molar-refractivity contribution in [2.45, 2.75) is 38.8 Å². The number of likely N-dealkylation sites (N-methyl/N-ethyl adjacent to an activating group) is 1. The van der Waals surface area contributed by atoms with Crippen molar-refractivity contribution < 1.29 is 9.59 Å². The lowest BCUT2D eigenvalue weighted by Gasteiger charge is -2.45. The summed E-state index contributed by atoms with van der Waals surface area (Å²) in [6.07, 6.45) is 8.05. The first-order valence-corrected chi connectivity index (χ1v) is 9.98. The number of piperazine rings is 2. The van der Waals surface area contributed by atoms with E-state index in [0.29, 0.717) is 13.1 Å². The maximum Gasteiger partial charge on any atom is 0.246 e. The summed E-state index contributed by atoms with van der Waals surface area (Å²) in [5.74, 6) is 0.157. The maximum absolute atomic E-state index is 12.5. The van der Waals surface area contributed by atoms with Gasteiger partial charge in [-0.1, -0.05) is 19.1 Å². The van der Waals surface area contributed by atoms with Gasteiger partial charge < -0.3 is 9.80 Å². The standard InChI is InChI=1S/C19H25N3O2S/c1-3-16-14(13-6-4-5-7-17(13)25-16)10-21-8-9-22-15(11-21)19(24)20(2)12-18(22)23/h6-7,15H,3-5,8-12H2,1-2H3. The Morgan fingerprint density at radius 2 is 2.00 bits per heavy atom. The van der Waals surface area contributed by atoms with Gasteiger partial charge in [0, 0.05) is 42.6 Å². The maximum atomic E-state index is 12.5. The fourth-order valence-corrected chi connectivity index (χ4v) is 5.39. The molecule has 3 heterocycles. The number of carbonyl (C=O) groups excluding carboxylic acids is 2. The minimum absolute atomic E-state index is 0.0762. The summed E-state index contributed by atoms with van der Waals surface area (Å²) in [7, 11) is 1.73. The van der Waals surface area contributed by atoms with E-state index >= 15 is 0 Å². The quantitative estimate of drug-likeness (QED) is 0.772. The highest BCUT2D eigenvalue weighted by atomic mass is 32.1. The van der Waals surface area contributed by atoms with Crippen LogP contribution in [0, 0.1) is 0 Å². The lowest BCUT2D eigenvalue weighted by molar-refractivity contribution is -0.158. The van der Waals surface area contributed by atoms with Crippen LogP contribution in [0.3, 0.4) is 0 Å². The van der Waals surface area contributed by atoms with Gasteiger partial charge >= 0.3 is 0 Å². The summed E-state index contributed by atoms with van der Waals surface area (Å²) < 4.78 is 1.42. The van der Waals surface area contributed by atoms with Crippen LogP contribution in [0.1, 0.15) is 30.2 Å². The Balaban J connectivity index is 1.58. The molecule has 1 atom stereocenters. The van der Waals surface area contributed by atoms with E-state index in [9.17, 15) is 9.59 Å². The number of fused-ring (bicyclic) bond motifs is 2. The largest absolute Gasteiger partial charge is 0.335 e. The molecule has 0 spiro atoms. The summed E-state index contributed by atoms with van der Waals surface area (Å²) >= 11 is 1.92. The Kier molecular flexibility index (Phi) is 4.41. The van der Waals surface area contributed by atoms with Crippen LogP contribution >= 0.6 is 11.3 Å². The number of hydrogen-bond donors (Lipinski definition) is 0. The molecule has 0 aromatic carbocycles. The zero-order valence-corrected chi connectivity index (χ0v) is 15.8. The molecule has 2 amide bonds. The number of thiophene rings is 1. The number of aryl methyl sites for hydroxylation is 1. The first kappa shape index (κ1) is 16.8. The Morgan fingerprint density at radius 1 is 1.20 bits per heavy atom. The van der Waals surface area contributed by atoms with E-state index in [1.54, 1.807) is 16.8 Å². The summed E-state index contributed by atoms with van der Waals surface area (Å²) in [4.78, 5) is 31.9. The first-order valence-electron chi connectivity index (χ1n) is 9.16. The van der Waals surface area contributed by atoms with Crippen molar-refractivity contribution in [2.24, 2.45) is 0 Å². The van der Waals surface area contributed by atoms with E-state index in [4.69, 9.17) is 0 Å². The molecule has 0 saturated carbocycles. The third kappa shape index (κ3) is 2.91. The molecule has 6 heteroatoms. The highest BCUT2D eigenvalue weighted by Crippen LogP contribution is 2.20. The molecule has 5 nitrogen and oxygen atoms in total. The van der Waals surface area contributed by atoms with Crippen molar-refractivity contribution in [1.29, 1.82) is 0 Å². The van der Waals surface area contributed by atoms with Gasteiger partial charge in [0.05, 0.1) is 6.54 Å². The molecular formula is C19H25N3O2S. The van der Waals surface area contributed by atoms with Crippen LogP contribution in [0.4, 0.5) is 0 Å². The highest BCUT2D eigenvalue weighted by molar-refractivity contribution is 7.10. The average molecular weight is 359 g/mol. The summed E-state index contributed by atoms with van der Waals surface area (Å²) in [6, 6.07) is -0.310. The van der Waals surface area contributed by atoms with Crippen molar-refractivity contribution in [3.63, 3.8) is 0 Å². The van der Waals surface area contributed by atoms with Gasteiger partial charge in [-0.2, -0.15) is 0 Å². The van der Waals surface area contributed by atoms with Gasteiger partial charge in [0.25, 0.3) is 0 Å². The van der Waals surface area contributed by atoms with Gasteiger partial charge in [0.15, 0.2) is 0 Å². The zero-order valence-electron chi connectivity index (χ0n) is 15.0. The van der Waals surface area contributed by atoms with Gasteiger partial charge in [-0.15, -0.1) is 11.3 Å². The molecule has 25 heavy (non-hydrogen) atoms. The van der Waals surface area contributed by atoms with Crippen LogP contribution in [-0.2, 0) is 22.6 Å². The summed E-state index contributed by atoms with van der Waals surface area (Å²) in [5, 5.41) is 1.42. The van der Waals surface area contributed by atoms with E-state index < -0.39 is 0 Å². The molecule has 2 aliphatic heterocycles. The second-order valence-corrected chi connectivity index (χ2v) is 8.29. The first-order chi connectivity index (χ1) is 12.1. The van der Waals surface area contributed by atoms with Gasteiger partial charge in [-0.25, -0.2) is 0 Å². The Hall–Kier alpha value is -1.66. The highest BCUT2D eigenvalue weighted by Gasteiger charge is 2.41. The van der Waals surface area contributed by atoms with Crippen LogP contribution in [-0.4, -0.2) is 65.8 Å². The van der Waals surface area contributed by atoms with Crippen molar-refractivity contribution in [3.05, 3.63) is 20.2 Å². The van der Waals surface area contributed by atoms with E-state index in [-0.39, 0.29) is 24.4 Å². The van der Waals surface area contributed by atoms with Gasteiger partial charge in [0.1, 0.15) is 6.04 Å². The molecule has 0 radical (unpaired) electrons. The van der Waals surface area contributed by atoms with Crippen LogP contribution in [0.2, 0.25) is 0 Å². The normalized spacial score (nSPS) is 23.8. The van der Waals surface area contributed by atoms with E-state index in [1.165, 1.54) is 20.2 Å². The molecule has 3 aliphatic rings. The third-order valence-corrected chi connectivity index (χ3v) is 6.91. The van der Waals surface area contributed by atoms with Crippen molar-refractivity contribution in [1.82, 2.24) is 14.7 Å². The Bertz CT molecular complexity index is 828. The van der Waals surface area contributed by atoms with Crippen LogP contribution in [0.25, 0.3) is 12.2 Å². The molecule has 1 unspecified atom stereocenters. The van der Waals surface area contributed by atoms with Crippen LogP contribution in [0.15, 0.2) is 0 Å². The Morgan fingerprint density at radius 3 is 2.80 bits per heavy atom. The number of nitrogens with zero attached hydrogens (tertiary/aromatic N) is 3. The Labute approximate surface area is 152 Å². The number of hydrogen-bond acceptors (Lipinski definition) is 4. The smallest absolute Gasteiger partial charge is 0.246 e. The van der Waals surface area contributed by atoms with Crippen molar-refractivity contribution in [3.8, 4) is 0 Å². The molecule has 0 bridgehead atoms. The SMILES string of the molecule is CCc1sc2c(c1CN1CCN3C(=O)CN(C)C(=O)C3C1)=CCCC=2. The van der Waals surface area contributed by atoms with Crippen molar-refractivity contribution >= 4 is 35.3 Å². The molecule has 134 valence electrons. The zero-order chi connectivity index (χ0) is 17.6. The fourth-order valence-electron chi connectivity index (χ4n) is 4.17. The minimum Gasteiger partial charge on any atom is -0.335 e. The number of rotatable bonds is 3. The average Bonchev–Trinajstić information content (AvgIpc) is 2.97. The van der Waals surface area contributed by atoms with E-state index in [0.717, 1.165) is 32.4 Å². The monoisotopic (exact) mass is 359 g/mol. The minimum atomic E-state index is -0.310. The predicted octanol–water partition coefficient (Wildman–Crippen LogP) is 0.150. The molecule has 1 aliphatic carbocycles.